The Morgan fingerprint density at radius 3 is 2.74 bits per heavy atom. The fourth-order valence-corrected chi connectivity index (χ4v) is 3.31. The van der Waals surface area contributed by atoms with Gasteiger partial charge in [0.05, 0.1) is 18.2 Å². The number of carbonyl (C=O) groups excluding carboxylic acids is 1. The fourth-order valence-electron chi connectivity index (χ4n) is 2.45. The highest BCUT2D eigenvalue weighted by atomic mass is 32.1. The SMILES string of the molecule is CC[C@H](NC(=O)N1C[C@H](C)O[C@@H](C)C1)c1cccs1. The number of nitrogens with zero attached hydrogens (tertiary/aromatic N) is 1. The van der Waals surface area contributed by atoms with E-state index in [2.05, 4.69) is 18.3 Å². The first-order chi connectivity index (χ1) is 9.10. The first-order valence-corrected chi connectivity index (χ1v) is 7.72. The van der Waals surface area contributed by atoms with E-state index in [1.807, 2.05) is 30.2 Å². The van der Waals surface area contributed by atoms with Gasteiger partial charge in [-0.2, -0.15) is 0 Å². The fraction of sp³-hybridized carbons (Fsp3) is 0.643. The molecule has 5 heteroatoms. The molecule has 1 aliphatic rings. The Bertz CT molecular complexity index is 398. The Kier molecular flexibility index (Phi) is 4.82. The maximum Gasteiger partial charge on any atom is 0.318 e. The molecule has 19 heavy (non-hydrogen) atoms. The van der Waals surface area contributed by atoms with Gasteiger partial charge in [-0.25, -0.2) is 4.79 Å². The maximum absolute atomic E-state index is 12.3. The van der Waals surface area contributed by atoms with Crippen LogP contribution < -0.4 is 5.32 Å². The van der Waals surface area contributed by atoms with Gasteiger partial charge in [0.1, 0.15) is 0 Å². The Morgan fingerprint density at radius 2 is 2.21 bits per heavy atom. The number of hydrogen-bond acceptors (Lipinski definition) is 3. The summed E-state index contributed by atoms with van der Waals surface area (Å²) in [5.74, 6) is 0. The molecular weight excluding hydrogens is 260 g/mol. The van der Waals surface area contributed by atoms with Crippen molar-refractivity contribution < 1.29 is 9.53 Å². The van der Waals surface area contributed by atoms with Crippen LogP contribution in [0, 0.1) is 0 Å². The van der Waals surface area contributed by atoms with Crippen molar-refractivity contribution in [2.45, 2.75) is 45.4 Å². The largest absolute Gasteiger partial charge is 0.372 e. The third-order valence-corrected chi connectivity index (χ3v) is 4.29. The van der Waals surface area contributed by atoms with Crippen molar-refractivity contribution in [2.24, 2.45) is 0 Å². The maximum atomic E-state index is 12.3. The second-order valence-electron chi connectivity index (χ2n) is 5.09. The van der Waals surface area contributed by atoms with Gasteiger partial charge >= 0.3 is 6.03 Å². The van der Waals surface area contributed by atoms with Crippen molar-refractivity contribution in [1.29, 1.82) is 0 Å². The lowest BCUT2D eigenvalue weighted by atomic mass is 10.2. The molecule has 4 nitrogen and oxygen atoms in total. The van der Waals surface area contributed by atoms with E-state index in [-0.39, 0.29) is 24.3 Å². The summed E-state index contributed by atoms with van der Waals surface area (Å²) in [5.41, 5.74) is 0. The number of carbonyl (C=O) groups is 1. The molecule has 3 atom stereocenters. The molecule has 0 bridgehead atoms. The van der Waals surface area contributed by atoms with Crippen LogP contribution in [-0.2, 0) is 4.74 Å². The second-order valence-corrected chi connectivity index (χ2v) is 6.07. The lowest BCUT2D eigenvalue weighted by molar-refractivity contribution is -0.0547. The summed E-state index contributed by atoms with van der Waals surface area (Å²) >= 11 is 1.69. The Morgan fingerprint density at radius 1 is 1.53 bits per heavy atom. The molecule has 1 fully saturated rings. The summed E-state index contributed by atoms with van der Waals surface area (Å²) in [4.78, 5) is 15.4. The van der Waals surface area contributed by atoms with Gasteiger partial charge in [0, 0.05) is 18.0 Å². The molecule has 0 unspecified atom stereocenters. The van der Waals surface area contributed by atoms with Crippen molar-refractivity contribution in [3.8, 4) is 0 Å². The molecule has 2 amide bonds. The van der Waals surface area contributed by atoms with E-state index < -0.39 is 0 Å². The zero-order valence-corrected chi connectivity index (χ0v) is 12.6. The quantitative estimate of drug-likeness (QED) is 0.926. The van der Waals surface area contributed by atoms with Crippen LogP contribution in [0.2, 0.25) is 0 Å². The van der Waals surface area contributed by atoms with E-state index in [0.29, 0.717) is 13.1 Å². The van der Waals surface area contributed by atoms with Crippen LogP contribution in [0.5, 0.6) is 0 Å². The van der Waals surface area contributed by atoms with Crippen LogP contribution in [0.25, 0.3) is 0 Å². The molecule has 2 rings (SSSR count). The first kappa shape index (κ1) is 14.3. The molecule has 1 aromatic rings. The number of thiophene rings is 1. The monoisotopic (exact) mass is 282 g/mol. The van der Waals surface area contributed by atoms with Crippen molar-refractivity contribution in [3.63, 3.8) is 0 Å². The molecular formula is C14H22N2O2S. The van der Waals surface area contributed by atoms with Gasteiger partial charge in [0.25, 0.3) is 0 Å². The topological polar surface area (TPSA) is 41.6 Å². The minimum absolute atomic E-state index is 0.0160. The van der Waals surface area contributed by atoms with E-state index in [1.54, 1.807) is 11.3 Å². The Hall–Kier alpha value is -1.07. The molecule has 0 spiro atoms. The summed E-state index contributed by atoms with van der Waals surface area (Å²) in [5, 5.41) is 5.17. The lowest BCUT2D eigenvalue weighted by Crippen LogP contribution is -2.52. The zero-order chi connectivity index (χ0) is 13.8. The third kappa shape index (κ3) is 3.70. The Labute approximate surface area is 118 Å². The lowest BCUT2D eigenvalue weighted by Gasteiger charge is -2.36. The van der Waals surface area contributed by atoms with Crippen LogP contribution in [-0.4, -0.2) is 36.2 Å². The summed E-state index contributed by atoms with van der Waals surface area (Å²) in [6, 6.07) is 4.22. The molecule has 0 radical (unpaired) electrons. The molecule has 1 saturated heterocycles. The van der Waals surface area contributed by atoms with E-state index in [0.717, 1.165) is 6.42 Å². The van der Waals surface area contributed by atoms with Gasteiger partial charge in [0.2, 0.25) is 0 Å². The second kappa shape index (κ2) is 6.39. The average Bonchev–Trinajstić information content (AvgIpc) is 2.88. The van der Waals surface area contributed by atoms with E-state index in [4.69, 9.17) is 4.74 Å². The van der Waals surface area contributed by atoms with Crippen LogP contribution in [0.4, 0.5) is 4.79 Å². The predicted octanol–water partition coefficient (Wildman–Crippen LogP) is 3.02. The zero-order valence-electron chi connectivity index (χ0n) is 11.8. The van der Waals surface area contributed by atoms with Gasteiger partial charge in [-0.05, 0) is 31.7 Å². The number of hydrogen-bond donors (Lipinski definition) is 1. The van der Waals surface area contributed by atoms with Crippen LogP contribution >= 0.6 is 11.3 Å². The summed E-state index contributed by atoms with van der Waals surface area (Å²) in [7, 11) is 0. The molecule has 0 saturated carbocycles. The number of urea groups is 1. The van der Waals surface area contributed by atoms with Crippen molar-refractivity contribution >= 4 is 17.4 Å². The molecule has 2 heterocycles. The Balaban J connectivity index is 1.96. The minimum atomic E-state index is 0.0160. The summed E-state index contributed by atoms with van der Waals surface area (Å²) < 4.78 is 5.65. The standard InChI is InChI=1S/C14H22N2O2S/c1-4-12(13-6-5-7-19-13)15-14(17)16-8-10(2)18-11(3)9-16/h5-7,10-12H,4,8-9H2,1-3H3,(H,15,17)/t10-,11-,12-/m0/s1. The summed E-state index contributed by atoms with van der Waals surface area (Å²) in [6.45, 7) is 7.43. The molecule has 1 aliphatic heterocycles. The predicted molar refractivity (Wildman–Crippen MR) is 77.5 cm³/mol. The average molecular weight is 282 g/mol. The molecule has 106 valence electrons. The number of nitrogens with one attached hydrogen (secondary N) is 1. The summed E-state index contributed by atoms with van der Waals surface area (Å²) in [6.07, 6.45) is 1.12. The smallest absolute Gasteiger partial charge is 0.318 e. The highest BCUT2D eigenvalue weighted by Gasteiger charge is 2.27. The van der Waals surface area contributed by atoms with E-state index in [1.165, 1.54) is 4.88 Å². The van der Waals surface area contributed by atoms with Crippen molar-refractivity contribution in [3.05, 3.63) is 22.4 Å². The normalized spacial score (nSPS) is 25.1. The van der Waals surface area contributed by atoms with Crippen LogP contribution in [0.1, 0.15) is 38.1 Å². The van der Waals surface area contributed by atoms with Gasteiger partial charge in [-0.1, -0.05) is 13.0 Å². The van der Waals surface area contributed by atoms with Crippen LogP contribution in [0.3, 0.4) is 0 Å². The third-order valence-electron chi connectivity index (χ3n) is 3.30. The molecule has 1 N–H and O–H groups in total. The number of morpholine rings is 1. The van der Waals surface area contributed by atoms with Gasteiger partial charge in [-0.15, -0.1) is 11.3 Å². The minimum Gasteiger partial charge on any atom is -0.372 e. The number of rotatable bonds is 3. The first-order valence-electron chi connectivity index (χ1n) is 6.84. The molecule has 0 aromatic carbocycles. The van der Waals surface area contributed by atoms with Crippen molar-refractivity contribution in [1.82, 2.24) is 10.2 Å². The van der Waals surface area contributed by atoms with E-state index >= 15 is 0 Å². The number of ether oxygens (including phenoxy) is 1. The van der Waals surface area contributed by atoms with Gasteiger partial charge in [0.15, 0.2) is 0 Å². The molecule has 0 aliphatic carbocycles. The molecule has 1 aromatic heterocycles. The number of amides is 2. The highest BCUT2D eigenvalue weighted by Crippen LogP contribution is 2.22. The highest BCUT2D eigenvalue weighted by molar-refractivity contribution is 7.10. The van der Waals surface area contributed by atoms with Gasteiger partial charge in [-0.3, -0.25) is 0 Å². The van der Waals surface area contributed by atoms with Crippen LogP contribution in [0.15, 0.2) is 17.5 Å². The van der Waals surface area contributed by atoms with Gasteiger partial charge < -0.3 is 15.0 Å². The van der Waals surface area contributed by atoms with Crippen molar-refractivity contribution in [2.75, 3.05) is 13.1 Å². The van der Waals surface area contributed by atoms with E-state index in [9.17, 15) is 4.79 Å².